The summed E-state index contributed by atoms with van der Waals surface area (Å²) < 4.78 is 19.3. The zero-order valence-corrected chi connectivity index (χ0v) is 11.7. The molecule has 0 aliphatic carbocycles. The van der Waals surface area contributed by atoms with E-state index in [2.05, 4.69) is 22.9 Å². The smallest absolute Gasteiger partial charge is 0.134 e. The SMILES string of the molecule is CCc1ccc(Oc2cccc(F)c2CBr)cc1. The van der Waals surface area contributed by atoms with E-state index in [4.69, 9.17) is 4.74 Å². The number of hydrogen-bond acceptors (Lipinski definition) is 1. The second-order valence-corrected chi connectivity index (χ2v) is 4.51. The zero-order valence-electron chi connectivity index (χ0n) is 10.1. The Kier molecular flexibility index (Phi) is 4.37. The third-order valence-electron chi connectivity index (χ3n) is 2.77. The van der Waals surface area contributed by atoms with E-state index in [9.17, 15) is 4.39 Å². The van der Waals surface area contributed by atoms with Gasteiger partial charge < -0.3 is 4.74 Å². The Balaban J connectivity index is 2.25. The number of alkyl halides is 1. The average Bonchev–Trinajstić information content (AvgIpc) is 2.40. The second-order valence-electron chi connectivity index (χ2n) is 3.95. The lowest BCUT2D eigenvalue weighted by atomic mass is 10.1. The molecule has 0 atom stereocenters. The summed E-state index contributed by atoms with van der Waals surface area (Å²) in [5.41, 5.74) is 1.79. The van der Waals surface area contributed by atoms with Crippen molar-refractivity contribution in [3.8, 4) is 11.5 Å². The minimum absolute atomic E-state index is 0.255. The van der Waals surface area contributed by atoms with Crippen LogP contribution in [0.15, 0.2) is 42.5 Å². The summed E-state index contributed by atoms with van der Waals surface area (Å²) in [5.74, 6) is 1.02. The van der Waals surface area contributed by atoms with Gasteiger partial charge in [0.1, 0.15) is 17.3 Å². The molecule has 0 saturated carbocycles. The van der Waals surface area contributed by atoms with Crippen LogP contribution in [0.4, 0.5) is 4.39 Å². The van der Waals surface area contributed by atoms with Gasteiger partial charge in [-0.15, -0.1) is 0 Å². The Morgan fingerprint density at radius 3 is 2.44 bits per heavy atom. The van der Waals surface area contributed by atoms with Crippen LogP contribution in [0, 0.1) is 5.82 Å². The molecule has 2 aromatic carbocycles. The summed E-state index contributed by atoms with van der Waals surface area (Å²) in [6, 6.07) is 12.7. The molecule has 3 heteroatoms. The van der Waals surface area contributed by atoms with Crippen molar-refractivity contribution in [2.75, 3.05) is 0 Å². The Hall–Kier alpha value is -1.35. The molecule has 0 aromatic heterocycles. The molecule has 2 aromatic rings. The minimum Gasteiger partial charge on any atom is -0.457 e. The Bertz CT molecular complexity index is 523. The maximum Gasteiger partial charge on any atom is 0.134 e. The molecule has 0 bridgehead atoms. The molecule has 0 amide bonds. The summed E-state index contributed by atoms with van der Waals surface area (Å²) in [6.07, 6.45) is 0.993. The molecule has 0 unspecified atom stereocenters. The largest absolute Gasteiger partial charge is 0.457 e. The lowest BCUT2D eigenvalue weighted by molar-refractivity contribution is 0.470. The third-order valence-corrected chi connectivity index (χ3v) is 3.33. The van der Waals surface area contributed by atoms with E-state index in [-0.39, 0.29) is 5.82 Å². The molecule has 0 heterocycles. The zero-order chi connectivity index (χ0) is 13.0. The van der Waals surface area contributed by atoms with E-state index in [1.165, 1.54) is 11.6 Å². The van der Waals surface area contributed by atoms with Gasteiger partial charge in [0, 0.05) is 10.9 Å². The number of hydrogen-bond donors (Lipinski definition) is 0. The van der Waals surface area contributed by atoms with Crippen molar-refractivity contribution in [2.45, 2.75) is 18.7 Å². The summed E-state index contributed by atoms with van der Waals surface area (Å²) in [6.45, 7) is 2.10. The topological polar surface area (TPSA) is 9.23 Å². The quantitative estimate of drug-likeness (QED) is 0.716. The van der Waals surface area contributed by atoms with Gasteiger partial charge in [-0.05, 0) is 36.2 Å². The van der Waals surface area contributed by atoms with Gasteiger partial charge in [0.25, 0.3) is 0 Å². The van der Waals surface area contributed by atoms with Crippen molar-refractivity contribution >= 4 is 15.9 Å². The van der Waals surface area contributed by atoms with Crippen molar-refractivity contribution in [1.29, 1.82) is 0 Å². The standard InChI is InChI=1S/C15H14BrFO/c1-2-11-6-8-12(9-7-11)18-15-5-3-4-14(17)13(15)10-16/h3-9H,2,10H2,1H3. The molecule has 0 N–H and O–H groups in total. The number of aryl methyl sites for hydroxylation is 1. The van der Waals surface area contributed by atoms with Gasteiger partial charge in [0.15, 0.2) is 0 Å². The molecule has 0 aliphatic heterocycles. The normalized spacial score (nSPS) is 10.4. The molecule has 1 nitrogen and oxygen atoms in total. The van der Waals surface area contributed by atoms with E-state index in [1.807, 2.05) is 24.3 Å². The Morgan fingerprint density at radius 2 is 1.83 bits per heavy atom. The van der Waals surface area contributed by atoms with Gasteiger partial charge in [0.05, 0.1) is 0 Å². The summed E-state index contributed by atoms with van der Waals surface area (Å²) in [7, 11) is 0. The molecule has 18 heavy (non-hydrogen) atoms. The van der Waals surface area contributed by atoms with E-state index in [0.29, 0.717) is 16.6 Å². The van der Waals surface area contributed by atoms with Crippen LogP contribution < -0.4 is 4.74 Å². The van der Waals surface area contributed by atoms with Crippen LogP contribution >= 0.6 is 15.9 Å². The van der Waals surface area contributed by atoms with Crippen molar-refractivity contribution in [3.63, 3.8) is 0 Å². The van der Waals surface area contributed by atoms with Crippen LogP contribution in [0.25, 0.3) is 0 Å². The first-order valence-corrected chi connectivity index (χ1v) is 6.97. The molecular formula is C15H14BrFO. The predicted octanol–water partition coefficient (Wildman–Crippen LogP) is 5.08. The highest BCUT2D eigenvalue weighted by Crippen LogP contribution is 2.29. The second kappa shape index (κ2) is 6.01. The number of ether oxygens (including phenoxy) is 1. The van der Waals surface area contributed by atoms with E-state index in [1.54, 1.807) is 12.1 Å². The van der Waals surface area contributed by atoms with Crippen LogP contribution in [-0.2, 0) is 11.8 Å². The van der Waals surface area contributed by atoms with Crippen molar-refractivity contribution in [2.24, 2.45) is 0 Å². The first-order chi connectivity index (χ1) is 8.74. The molecular weight excluding hydrogens is 295 g/mol. The first kappa shape index (κ1) is 13.1. The van der Waals surface area contributed by atoms with Crippen molar-refractivity contribution < 1.29 is 9.13 Å². The molecule has 0 radical (unpaired) electrons. The maximum atomic E-state index is 13.6. The van der Waals surface area contributed by atoms with Gasteiger partial charge in [-0.1, -0.05) is 41.1 Å². The molecule has 0 aliphatic rings. The van der Waals surface area contributed by atoms with Crippen molar-refractivity contribution in [3.05, 3.63) is 59.4 Å². The maximum absolute atomic E-state index is 13.6. The van der Waals surface area contributed by atoms with Gasteiger partial charge in [-0.2, -0.15) is 0 Å². The Morgan fingerprint density at radius 1 is 1.11 bits per heavy atom. The fraction of sp³-hybridized carbons (Fsp3) is 0.200. The number of benzene rings is 2. The van der Waals surface area contributed by atoms with Crippen LogP contribution in [0.3, 0.4) is 0 Å². The lowest BCUT2D eigenvalue weighted by Crippen LogP contribution is -1.93. The average molecular weight is 309 g/mol. The molecule has 0 fully saturated rings. The highest BCUT2D eigenvalue weighted by Gasteiger charge is 2.08. The van der Waals surface area contributed by atoms with Crippen LogP contribution in [0.2, 0.25) is 0 Å². The van der Waals surface area contributed by atoms with Crippen LogP contribution in [0.1, 0.15) is 18.1 Å². The molecule has 0 spiro atoms. The molecule has 2 rings (SSSR count). The fourth-order valence-corrected chi connectivity index (χ4v) is 2.23. The van der Waals surface area contributed by atoms with Crippen molar-refractivity contribution in [1.82, 2.24) is 0 Å². The molecule has 94 valence electrons. The monoisotopic (exact) mass is 308 g/mol. The van der Waals surface area contributed by atoms with Gasteiger partial charge in [-0.25, -0.2) is 4.39 Å². The molecule has 0 saturated heterocycles. The minimum atomic E-state index is -0.255. The summed E-state index contributed by atoms with van der Waals surface area (Å²) in [4.78, 5) is 0. The summed E-state index contributed by atoms with van der Waals surface area (Å²) >= 11 is 3.28. The highest BCUT2D eigenvalue weighted by molar-refractivity contribution is 9.08. The number of rotatable bonds is 4. The highest BCUT2D eigenvalue weighted by atomic mass is 79.9. The van der Waals surface area contributed by atoms with E-state index >= 15 is 0 Å². The van der Waals surface area contributed by atoms with Gasteiger partial charge in [0.2, 0.25) is 0 Å². The van der Waals surface area contributed by atoms with E-state index in [0.717, 1.165) is 12.2 Å². The third kappa shape index (κ3) is 2.91. The van der Waals surface area contributed by atoms with Crippen LogP contribution in [0.5, 0.6) is 11.5 Å². The van der Waals surface area contributed by atoms with Crippen LogP contribution in [-0.4, -0.2) is 0 Å². The summed E-state index contributed by atoms with van der Waals surface area (Å²) in [5, 5.41) is 0.433. The van der Waals surface area contributed by atoms with Gasteiger partial charge in [-0.3, -0.25) is 0 Å². The first-order valence-electron chi connectivity index (χ1n) is 5.84. The van der Waals surface area contributed by atoms with E-state index < -0.39 is 0 Å². The fourth-order valence-electron chi connectivity index (χ4n) is 1.68. The predicted molar refractivity (Wildman–Crippen MR) is 74.9 cm³/mol. The van der Waals surface area contributed by atoms with Gasteiger partial charge >= 0.3 is 0 Å². The Labute approximate surface area is 115 Å². The number of halogens is 2. The lowest BCUT2D eigenvalue weighted by Gasteiger charge is -2.10.